The summed E-state index contributed by atoms with van der Waals surface area (Å²) < 4.78 is 0.897. The van der Waals surface area contributed by atoms with E-state index >= 15 is 0 Å². The topological polar surface area (TPSA) is 12.0 Å². The first-order valence-corrected chi connectivity index (χ1v) is 6.21. The molecule has 0 radical (unpaired) electrons. The first kappa shape index (κ1) is 12.0. The summed E-state index contributed by atoms with van der Waals surface area (Å²) in [4.78, 5) is 1.39. The fourth-order valence-corrected chi connectivity index (χ4v) is 2.73. The fourth-order valence-electron chi connectivity index (χ4n) is 1.50. The summed E-state index contributed by atoms with van der Waals surface area (Å²) >= 11 is 7.59. The van der Waals surface area contributed by atoms with Crippen LogP contribution in [0.25, 0.3) is 0 Å². The lowest BCUT2D eigenvalue weighted by Crippen LogP contribution is -2.22. The maximum atomic E-state index is 5.89. The van der Waals surface area contributed by atoms with Crippen LogP contribution in [0.3, 0.4) is 0 Å². The average Bonchev–Trinajstić information content (AvgIpc) is 2.51. The lowest BCUT2D eigenvalue weighted by molar-refractivity contribution is 0.376. The van der Waals surface area contributed by atoms with E-state index in [9.17, 15) is 0 Å². The Morgan fingerprint density at radius 2 is 2.07 bits per heavy atom. The third-order valence-corrected chi connectivity index (χ3v) is 3.90. The van der Waals surface area contributed by atoms with Gasteiger partial charge in [-0.05, 0) is 44.0 Å². The number of nitrogens with one attached hydrogen (secondary N) is 1. The molecule has 0 bridgehead atoms. The van der Waals surface area contributed by atoms with Gasteiger partial charge in [0.1, 0.15) is 0 Å². The van der Waals surface area contributed by atoms with Crippen LogP contribution in [0.1, 0.15) is 18.7 Å². The number of hydrogen-bond acceptors (Lipinski definition) is 2. The maximum absolute atomic E-state index is 5.89. The molecule has 0 saturated carbocycles. The second-order valence-corrected chi connectivity index (χ2v) is 5.72. The highest BCUT2D eigenvalue weighted by Gasteiger charge is 2.12. The van der Waals surface area contributed by atoms with Crippen molar-refractivity contribution in [2.75, 3.05) is 13.6 Å². The molecule has 0 aliphatic rings. The molecule has 0 spiro atoms. The van der Waals surface area contributed by atoms with Crippen molar-refractivity contribution in [3.63, 3.8) is 0 Å². The van der Waals surface area contributed by atoms with Crippen LogP contribution in [0, 0.1) is 11.8 Å². The summed E-state index contributed by atoms with van der Waals surface area (Å²) in [6, 6.07) is 4.12. The molecular weight excluding hydrogens is 214 g/mol. The van der Waals surface area contributed by atoms with Crippen LogP contribution in [0.2, 0.25) is 4.34 Å². The van der Waals surface area contributed by atoms with Gasteiger partial charge in [-0.2, -0.15) is 0 Å². The second kappa shape index (κ2) is 5.74. The van der Waals surface area contributed by atoms with Crippen LogP contribution in [-0.2, 0) is 6.42 Å². The van der Waals surface area contributed by atoms with Crippen LogP contribution in [0.15, 0.2) is 12.1 Å². The van der Waals surface area contributed by atoms with Gasteiger partial charge in [0.05, 0.1) is 4.34 Å². The highest BCUT2D eigenvalue weighted by atomic mass is 35.5. The van der Waals surface area contributed by atoms with E-state index in [0.717, 1.165) is 17.3 Å². The van der Waals surface area contributed by atoms with Gasteiger partial charge in [0, 0.05) is 4.88 Å². The van der Waals surface area contributed by atoms with Gasteiger partial charge in [-0.25, -0.2) is 0 Å². The summed E-state index contributed by atoms with van der Waals surface area (Å²) in [5.41, 5.74) is 0. The van der Waals surface area contributed by atoms with Gasteiger partial charge in [-0.15, -0.1) is 11.3 Å². The minimum absolute atomic E-state index is 0.706. The van der Waals surface area contributed by atoms with E-state index < -0.39 is 0 Å². The molecule has 0 aliphatic heterocycles. The van der Waals surface area contributed by atoms with Crippen molar-refractivity contribution in [2.24, 2.45) is 11.8 Å². The first-order valence-electron chi connectivity index (χ1n) is 5.02. The van der Waals surface area contributed by atoms with E-state index in [1.807, 2.05) is 13.1 Å². The van der Waals surface area contributed by atoms with E-state index in [1.165, 1.54) is 4.88 Å². The molecule has 14 heavy (non-hydrogen) atoms. The fraction of sp³-hybridized carbons (Fsp3) is 0.636. The van der Waals surface area contributed by atoms with Crippen LogP contribution < -0.4 is 5.32 Å². The molecule has 0 aliphatic carbocycles. The molecule has 1 heterocycles. The lowest BCUT2D eigenvalue weighted by Gasteiger charge is -2.18. The zero-order chi connectivity index (χ0) is 10.6. The standard InChI is InChI=1S/C11H18ClNS/c1-8(9(2)7-13-3)6-10-4-5-11(12)14-10/h4-5,8-9,13H,6-7H2,1-3H3. The van der Waals surface area contributed by atoms with Gasteiger partial charge >= 0.3 is 0 Å². The zero-order valence-corrected chi connectivity index (χ0v) is 10.6. The third kappa shape index (κ3) is 3.60. The molecule has 0 saturated heterocycles. The predicted molar refractivity (Wildman–Crippen MR) is 65.3 cm³/mol. The third-order valence-electron chi connectivity index (χ3n) is 2.65. The Labute approximate surface area is 95.5 Å². The highest BCUT2D eigenvalue weighted by molar-refractivity contribution is 7.16. The lowest BCUT2D eigenvalue weighted by atomic mass is 9.92. The highest BCUT2D eigenvalue weighted by Crippen LogP contribution is 2.25. The number of rotatable bonds is 5. The van der Waals surface area contributed by atoms with Gasteiger partial charge in [-0.1, -0.05) is 25.4 Å². The Bertz CT molecular complexity index is 272. The van der Waals surface area contributed by atoms with E-state index in [-0.39, 0.29) is 0 Å². The molecule has 1 nitrogen and oxygen atoms in total. The average molecular weight is 232 g/mol. The molecule has 1 aromatic rings. The molecule has 2 unspecified atom stereocenters. The number of halogens is 1. The Balaban J connectivity index is 2.43. The van der Waals surface area contributed by atoms with E-state index in [2.05, 4.69) is 25.2 Å². The van der Waals surface area contributed by atoms with Crippen molar-refractivity contribution in [1.82, 2.24) is 5.32 Å². The Kier molecular flexibility index (Phi) is 4.93. The maximum Gasteiger partial charge on any atom is 0.0931 e. The van der Waals surface area contributed by atoms with Gasteiger partial charge < -0.3 is 5.32 Å². The van der Waals surface area contributed by atoms with Crippen molar-refractivity contribution in [1.29, 1.82) is 0 Å². The molecule has 1 N–H and O–H groups in total. The Morgan fingerprint density at radius 3 is 2.57 bits per heavy atom. The van der Waals surface area contributed by atoms with Crippen LogP contribution in [-0.4, -0.2) is 13.6 Å². The minimum atomic E-state index is 0.706. The molecule has 0 aromatic carbocycles. The minimum Gasteiger partial charge on any atom is -0.319 e. The summed E-state index contributed by atoms with van der Waals surface area (Å²) in [6.07, 6.45) is 1.14. The molecule has 1 aromatic heterocycles. The molecule has 0 amide bonds. The largest absolute Gasteiger partial charge is 0.319 e. The molecule has 3 heteroatoms. The molecule has 1 rings (SSSR count). The smallest absolute Gasteiger partial charge is 0.0931 e. The van der Waals surface area contributed by atoms with Crippen LogP contribution in [0.5, 0.6) is 0 Å². The van der Waals surface area contributed by atoms with Gasteiger partial charge in [0.2, 0.25) is 0 Å². The quantitative estimate of drug-likeness (QED) is 0.819. The van der Waals surface area contributed by atoms with E-state index in [1.54, 1.807) is 11.3 Å². The number of hydrogen-bond donors (Lipinski definition) is 1. The van der Waals surface area contributed by atoms with Crippen molar-refractivity contribution in [3.05, 3.63) is 21.3 Å². The van der Waals surface area contributed by atoms with Crippen molar-refractivity contribution < 1.29 is 0 Å². The van der Waals surface area contributed by atoms with Crippen molar-refractivity contribution >= 4 is 22.9 Å². The first-order chi connectivity index (χ1) is 6.63. The number of thiophene rings is 1. The predicted octanol–water partition coefficient (Wildman–Crippen LogP) is 3.44. The molecule has 80 valence electrons. The summed E-state index contributed by atoms with van der Waals surface area (Å²) in [5, 5.41) is 3.22. The van der Waals surface area contributed by atoms with Gasteiger partial charge in [0.25, 0.3) is 0 Å². The summed E-state index contributed by atoms with van der Waals surface area (Å²) in [6.45, 7) is 5.67. The Hall–Kier alpha value is -0.0500. The SMILES string of the molecule is CNCC(C)C(C)Cc1ccc(Cl)s1. The zero-order valence-electron chi connectivity index (χ0n) is 9.01. The molecule has 0 fully saturated rings. The normalized spacial score (nSPS) is 15.4. The Morgan fingerprint density at radius 1 is 1.36 bits per heavy atom. The van der Waals surface area contributed by atoms with E-state index in [4.69, 9.17) is 11.6 Å². The van der Waals surface area contributed by atoms with Gasteiger partial charge in [0.15, 0.2) is 0 Å². The van der Waals surface area contributed by atoms with Crippen molar-refractivity contribution in [2.45, 2.75) is 20.3 Å². The summed E-state index contributed by atoms with van der Waals surface area (Å²) in [7, 11) is 2.01. The van der Waals surface area contributed by atoms with Crippen LogP contribution in [0.4, 0.5) is 0 Å². The van der Waals surface area contributed by atoms with Crippen molar-refractivity contribution in [3.8, 4) is 0 Å². The monoisotopic (exact) mass is 231 g/mol. The second-order valence-electron chi connectivity index (χ2n) is 3.92. The van der Waals surface area contributed by atoms with Gasteiger partial charge in [-0.3, -0.25) is 0 Å². The van der Waals surface area contributed by atoms with E-state index in [0.29, 0.717) is 11.8 Å². The van der Waals surface area contributed by atoms with Crippen LogP contribution >= 0.6 is 22.9 Å². The summed E-state index contributed by atoms with van der Waals surface area (Å²) in [5.74, 6) is 1.41. The molecule has 2 atom stereocenters. The molecular formula is C11H18ClNS.